The molecule has 13 heavy (non-hydrogen) atoms. The van der Waals surface area contributed by atoms with E-state index in [2.05, 4.69) is 13.5 Å². The van der Waals surface area contributed by atoms with Crippen molar-refractivity contribution in [2.75, 3.05) is 0 Å². The number of ether oxygens (including phenoxy) is 1. The Morgan fingerprint density at radius 2 is 1.85 bits per heavy atom. The zero-order valence-electron chi connectivity index (χ0n) is 8.51. The maximum Gasteiger partial charge on any atom is 0.313 e. The van der Waals surface area contributed by atoms with E-state index in [1.807, 2.05) is 0 Å². The van der Waals surface area contributed by atoms with Crippen LogP contribution in [0.3, 0.4) is 0 Å². The van der Waals surface area contributed by atoms with E-state index >= 15 is 0 Å². The van der Waals surface area contributed by atoms with Gasteiger partial charge in [-0.25, -0.2) is 0 Å². The molecule has 0 atom stereocenters. The molecule has 1 aliphatic rings. The van der Waals surface area contributed by atoms with E-state index in [-0.39, 0.29) is 11.9 Å². The fourth-order valence-electron chi connectivity index (χ4n) is 1.75. The molecule has 1 saturated carbocycles. The van der Waals surface area contributed by atoms with Gasteiger partial charge >= 0.3 is 5.97 Å². The van der Waals surface area contributed by atoms with Gasteiger partial charge in [0.25, 0.3) is 0 Å². The largest absolute Gasteiger partial charge is 0.432 e. The Morgan fingerprint density at radius 3 is 2.31 bits per heavy atom. The second kappa shape index (κ2) is 4.45. The molecule has 0 saturated heterocycles. The first-order chi connectivity index (χ1) is 6.09. The minimum absolute atomic E-state index is 0.0839. The van der Waals surface area contributed by atoms with Crippen molar-refractivity contribution in [3.05, 3.63) is 12.3 Å². The average Bonchev–Trinajstić information content (AvgIpc) is 2.04. The van der Waals surface area contributed by atoms with Gasteiger partial charge in [-0.15, -0.1) is 0 Å². The lowest BCUT2D eigenvalue weighted by Crippen LogP contribution is -2.22. The fourth-order valence-corrected chi connectivity index (χ4v) is 1.75. The first-order valence-corrected chi connectivity index (χ1v) is 4.96. The predicted octanol–water partition coefficient (Wildman–Crippen LogP) is 2.89. The van der Waals surface area contributed by atoms with Crippen molar-refractivity contribution in [3.8, 4) is 0 Å². The van der Waals surface area contributed by atoms with Crippen LogP contribution >= 0.6 is 0 Å². The summed E-state index contributed by atoms with van der Waals surface area (Å²) in [6.07, 6.45) is 4.26. The van der Waals surface area contributed by atoms with Gasteiger partial charge in [-0.05, 0) is 38.5 Å². The molecule has 2 heteroatoms. The first-order valence-electron chi connectivity index (χ1n) is 4.96. The molecule has 0 heterocycles. The Kier molecular flexibility index (Phi) is 3.52. The summed E-state index contributed by atoms with van der Waals surface area (Å²) in [6, 6.07) is 0. The molecule has 0 aromatic carbocycles. The van der Waals surface area contributed by atoms with Crippen molar-refractivity contribution >= 4 is 5.97 Å². The van der Waals surface area contributed by atoms with Gasteiger partial charge in [-0.3, -0.25) is 4.79 Å². The van der Waals surface area contributed by atoms with Crippen LogP contribution in [0.2, 0.25) is 0 Å². The standard InChI is InChI=1S/C11H18O2/c1-8(2)13-11(12)10-6-4-9(3)5-7-10/h9-10H,1,4-7H2,2-3H3. The summed E-state index contributed by atoms with van der Waals surface area (Å²) in [4.78, 5) is 11.4. The molecule has 0 unspecified atom stereocenters. The monoisotopic (exact) mass is 182 g/mol. The Bertz CT molecular complexity index is 200. The number of allylic oxidation sites excluding steroid dienone is 1. The van der Waals surface area contributed by atoms with Crippen LogP contribution in [0.25, 0.3) is 0 Å². The Balaban J connectivity index is 2.36. The van der Waals surface area contributed by atoms with E-state index in [4.69, 9.17) is 4.74 Å². The number of carbonyl (C=O) groups excluding carboxylic acids is 1. The third-order valence-corrected chi connectivity index (χ3v) is 2.62. The number of carbonyl (C=O) groups is 1. The smallest absolute Gasteiger partial charge is 0.313 e. The van der Waals surface area contributed by atoms with E-state index in [0.717, 1.165) is 31.6 Å². The number of esters is 1. The molecular formula is C11H18O2. The van der Waals surface area contributed by atoms with Gasteiger partial charge in [0.05, 0.1) is 11.7 Å². The maximum atomic E-state index is 11.4. The van der Waals surface area contributed by atoms with E-state index in [1.54, 1.807) is 6.92 Å². The van der Waals surface area contributed by atoms with Crippen molar-refractivity contribution in [2.45, 2.75) is 39.5 Å². The van der Waals surface area contributed by atoms with E-state index in [0.29, 0.717) is 5.76 Å². The summed E-state index contributed by atoms with van der Waals surface area (Å²) in [5, 5.41) is 0. The third kappa shape index (κ3) is 3.21. The van der Waals surface area contributed by atoms with Crippen LogP contribution in [0.4, 0.5) is 0 Å². The highest BCUT2D eigenvalue weighted by Gasteiger charge is 2.25. The van der Waals surface area contributed by atoms with Crippen LogP contribution in [-0.4, -0.2) is 5.97 Å². The number of hydrogen-bond donors (Lipinski definition) is 0. The van der Waals surface area contributed by atoms with Gasteiger partial charge in [-0.1, -0.05) is 13.5 Å². The van der Waals surface area contributed by atoms with Gasteiger partial charge in [0.1, 0.15) is 0 Å². The van der Waals surface area contributed by atoms with Crippen LogP contribution in [0, 0.1) is 11.8 Å². The van der Waals surface area contributed by atoms with Crippen LogP contribution in [-0.2, 0) is 9.53 Å². The Hall–Kier alpha value is -0.790. The van der Waals surface area contributed by atoms with Gasteiger partial charge in [0, 0.05) is 0 Å². The zero-order chi connectivity index (χ0) is 9.84. The summed E-state index contributed by atoms with van der Waals surface area (Å²) >= 11 is 0. The van der Waals surface area contributed by atoms with E-state index in [1.165, 1.54) is 0 Å². The molecule has 1 rings (SSSR count). The molecule has 0 N–H and O–H groups in total. The molecule has 1 aliphatic carbocycles. The van der Waals surface area contributed by atoms with Crippen molar-refractivity contribution in [1.82, 2.24) is 0 Å². The SMILES string of the molecule is C=C(C)OC(=O)C1CCC(C)CC1. The van der Waals surface area contributed by atoms with Gasteiger partial charge in [0.2, 0.25) is 0 Å². The highest BCUT2D eigenvalue weighted by Crippen LogP contribution is 2.29. The van der Waals surface area contributed by atoms with Crippen LogP contribution in [0.1, 0.15) is 39.5 Å². The van der Waals surface area contributed by atoms with Crippen molar-refractivity contribution in [3.63, 3.8) is 0 Å². The molecule has 0 aliphatic heterocycles. The lowest BCUT2D eigenvalue weighted by atomic mass is 9.83. The summed E-state index contributed by atoms with van der Waals surface area (Å²) in [7, 11) is 0. The van der Waals surface area contributed by atoms with E-state index in [9.17, 15) is 4.79 Å². The van der Waals surface area contributed by atoms with Gasteiger partial charge in [-0.2, -0.15) is 0 Å². The van der Waals surface area contributed by atoms with Crippen molar-refractivity contribution in [2.24, 2.45) is 11.8 Å². The topological polar surface area (TPSA) is 26.3 Å². The predicted molar refractivity (Wildman–Crippen MR) is 52.0 cm³/mol. The molecule has 74 valence electrons. The first kappa shape index (κ1) is 10.3. The Labute approximate surface area is 80.0 Å². The molecule has 0 spiro atoms. The van der Waals surface area contributed by atoms with Crippen LogP contribution < -0.4 is 0 Å². The minimum atomic E-state index is -0.0839. The molecule has 1 fully saturated rings. The summed E-state index contributed by atoms with van der Waals surface area (Å²) in [5.41, 5.74) is 0. The van der Waals surface area contributed by atoms with Crippen molar-refractivity contribution < 1.29 is 9.53 Å². The van der Waals surface area contributed by atoms with Gasteiger partial charge < -0.3 is 4.74 Å². The molecular weight excluding hydrogens is 164 g/mol. The van der Waals surface area contributed by atoms with Crippen molar-refractivity contribution in [1.29, 1.82) is 0 Å². The lowest BCUT2D eigenvalue weighted by Gasteiger charge is -2.24. The normalized spacial score (nSPS) is 28.2. The molecule has 0 aromatic heterocycles. The highest BCUT2D eigenvalue weighted by atomic mass is 16.5. The third-order valence-electron chi connectivity index (χ3n) is 2.62. The molecule has 0 radical (unpaired) electrons. The average molecular weight is 182 g/mol. The fraction of sp³-hybridized carbons (Fsp3) is 0.727. The summed E-state index contributed by atoms with van der Waals surface area (Å²) < 4.78 is 4.99. The quantitative estimate of drug-likeness (QED) is 0.485. The number of hydrogen-bond acceptors (Lipinski definition) is 2. The highest BCUT2D eigenvalue weighted by molar-refractivity contribution is 5.73. The maximum absolute atomic E-state index is 11.4. The lowest BCUT2D eigenvalue weighted by molar-refractivity contribution is -0.145. The van der Waals surface area contributed by atoms with E-state index < -0.39 is 0 Å². The molecule has 0 amide bonds. The molecule has 0 aromatic rings. The van der Waals surface area contributed by atoms with Crippen LogP contribution in [0.15, 0.2) is 12.3 Å². The van der Waals surface area contributed by atoms with Crippen LogP contribution in [0.5, 0.6) is 0 Å². The van der Waals surface area contributed by atoms with Gasteiger partial charge in [0.15, 0.2) is 0 Å². The Morgan fingerprint density at radius 1 is 1.31 bits per heavy atom. The second-order valence-electron chi connectivity index (χ2n) is 4.08. The second-order valence-corrected chi connectivity index (χ2v) is 4.08. The molecule has 0 bridgehead atoms. The molecule has 2 nitrogen and oxygen atoms in total. The summed E-state index contributed by atoms with van der Waals surface area (Å²) in [6.45, 7) is 7.51. The minimum Gasteiger partial charge on any atom is -0.432 e. The summed E-state index contributed by atoms with van der Waals surface area (Å²) in [5.74, 6) is 1.31. The number of rotatable bonds is 2. The zero-order valence-corrected chi connectivity index (χ0v) is 8.51.